The lowest BCUT2D eigenvalue weighted by molar-refractivity contribution is 0.297. The van der Waals surface area contributed by atoms with Crippen LogP contribution in [0, 0.1) is 5.82 Å². The number of benzene rings is 2. The van der Waals surface area contributed by atoms with Gasteiger partial charge in [0.05, 0.1) is 25.4 Å². The number of guanidine groups is 1. The third-order valence-electron chi connectivity index (χ3n) is 3.95. The van der Waals surface area contributed by atoms with Crippen molar-refractivity contribution < 1.29 is 13.9 Å². The summed E-state index contributed by atoms with van der Waals surface area (Å²) in [5.41, 5.74) is 7.98. The molecule has 3 N–H and O–H groups in total. The number of hydrogen-bond donors (Lipinski definition) is 2. The number of rotatable bonds is 4. The Morgan fingerprint density at radius 2 is 1.89 bits per heavy atom. The summed E-state index contributed by atoms with van der Waals surface area (Å²) in [5, 5.41) is 3.02. The maximum absolute atomic E-state index is 14.0. The maximum atomic E-state index is 14.0. The normalized spacial score (nSPS) is 13.4. The quantitative estimate of drug-likeness (QED) is 0.393. The second-order valence-electron chi connectivity index (χ2n) is 6.22. The van der Waals surface area contributed by atoms with Gasteiger partial charge < -0.3 is 25.4 Å². The highest BCUT2D eigenvalue weighted by Gasteiger charge is 2.11. The van der Waals surface area contributed by atoms with Gasteiger partial charge in [0.2, 0.25) is 0 Å². The molecule has 0 bridgehead atoms. The van der Waals surface area contributed by atoms with Gasteiger partial charge in [-0.3, -0.25) is 0 Å². The first-order valence-corrected chi connectivity index (χ1v) is 8.45. The molecule has 0 radical (unpaired) electrons. The number of nitrogens with zero attached hydrogens (tertiary/aromatic N) is 2. The van der Waals surface area contributed by atoms with Crippen molar-refractivity contribution in [3.8, 4) is 11.5 Å². The van der Waals surface area contributed by atoms with Crippen molar-refractivity contribution >= 4 is 41.3 Å². The van der Waals surface area contributed by atoms with Crippen molar-refractivity contribution in [1.29, 1.82) is 0 Å². The van der Waals surface area contributed by atoms with Crippen molar-refractivity contribution in [3.63, 3.8) is 0 Å². The smallest absolute Gasteiger partial charge is 0.193 e. The van der Waals surface area contributed by atoms with Gasteiger partial charge in [-0.2, -0.15) is 0 Å². The van der Waals surface area contributed by atoms with Gasteiger partial charge in [0.15, 0.2) is 17.5 Å². The van der Waals surface area contributed by atoms with Gasteiger partial charge >= 0.3 is 0 Å². The van der Waals surface area contributed by atoms with E-state index < -0.39 is 0 Å². The Morgan fingerprint density at radius 3 is 2.59 bits per heavy atom. The fourth-order valence-electron chi connectivity index (χ4n) is 2.62. The molecule has 0 saturated heterocycles. The number of nitrogens with two attached hydrogens (primary N) is 1. The zero-order valence-corrected chi connectivity index (χ0v) is 17.7. The van der Waals surface area contributed by atoms with Gasteiger partial charge in [-0.25, -0.2) is 9.38 Å². The van der Waals surface area contributed by atoms with Crippen LogP contribution in [0.5, 0.6) is 11.5 Å². The van der Waals surface area contributed by atoms with Crippen molar-refractivity contribution in [2.24, 2.45) is 10.7 Å². The van der Waals surface area contributed by atoms with Crippen molar-refractivity contribution in [2.45, 2.75) is 13.0 Å². The maximum Gasteiger partial charge on any atom is 0.193 e. The number of ether oxygens (including phenoxy) is 2. The van der Waals surface area contributed by atoms with Gasteiger partial charge in [0.1, 0.15) is 5.82 Å². The predicted molar refractivity (Wildman–Crippen MR) is 117 cm³/mol. The summed E-state index contributed by atoms with van der Waals surface area (Å²) >= 11 is 0. The Bertz CT molecular complexity index is 814. The summed E-state index contributed by atoms with van der Waals surface area (Å²) in [7, 11) is 3.60. The van der Waals surface area contributed by atoms with Crippen LogP contribution in [0.1, 0.15) is 12.0 Å². The lowest BCUT2D eigenvalue weighted by Gasteiger charge is -2.14. The number of anilines is 2. The SMILES string of the molecule is CN(C)c1ccc(CN=C(N)Nc2ccc3c(c2)OCCCO3)cc1F.I. The van der Waals surface area contributed by atoms with Crippen LogP contribution < -0.4 is 25.4 Å². The van der Waals surface area contributed by atoms with Gasteiger partial charge in [0, 0.05) is 32.3 Å². The Kier molecular flexibility index (Phi) is 7.52. The van der Waals surface area contributed by atoms with E-state index >= 15 is 0 Å². The number of aliphatic imine (C=N–C) groups is 1. The standard InChI is InChI=1S/C19H23FN4O2.HI/c1-24(2)16-6-4-13(10-15(16)20)12-22-19(21)23-14-5-7-17-18(11-14)26-9-3-8-25-17;/h4-7,10-11H,3,8-9,12H2,1-2H3,(H3,21,22,23);1H. The zero-order valence-electron chi connectivity index (χ0n) is 15.4. The molecule has 8 heteroatoms. The molecule has 0 atom stereocenters. The molecule has 2 aromatic carbocycles. The fourth-order valence-corrected chi connectivity index (χ4v) is 2.62. The lowest BCUT2D eigenvalue weighted by atomic mass is 10.2. The molecule has 0 fully saturated rings. The van der Waals surface area contributed by atoms with Crippen LogP contribution in [-0.2, 0) is 6.54 Å². The van der Waals surface area contributed by atoms with Crippen molar-refractivity contribution in [2.75, 3.05) is 37.5 Å². The van der Waals surface area contributed by atoms with Gasteiger partial charge in [0.25, 0.3) is 0 Å². The summed E-state index contributed by atoms with van der Waals surface area (Å²) in [6.45, 7) is 1.55. The minimum atomic E-state index is -0.280. The van der Waals surface area contributed by atoms with E-state index in [1.807, 2.05) is 24.3 Å². The summed E-state index contributed by atoms with van der Waals surface area (Å²) in [4.78, 5) is 5.99. The molecule has 0 saturated carbocycles. The van der Waals surface area contributed by atoms with E-state index in [4.69, 9.17) is 15.2 Å². The molecule has 1 heterocycles. The van der Waals surface area contributed by atoms with Crippen LogP contribution in [0.4, 0.5) is 15.8 Å². The van der Waals surface area contributed by atoms with Crippen molar-refractivity contribution in [1.82, 2.24) is 0 Å². The Balaban J connectivity index is 0.00000261. The van der Waals surface area contributed by atoms with Crippen LogP contribution >= 0.6 is 24.0 Å². The molecule has 0 spiro atoms. The molecule has 1 aliphatic heterocycles. The highest BCUT2D eigenvalue weighted by Crippen LogP contribution is 2.32. The number of hydrogen-bond acceptors (Lipinski definition) is 4. The largest absolute Gasteiger partial charge is 0.490 e. The molecule has 2 aromatic rings. The third kappa shape index (κ3) is 5.62. The number of fused-ring (bicyclic) bond motifs is 1. The van der Waals surface area contributed by atoms with Crippen LogP contribution in [-0.4, -0.2) is 33.3 Å². The Morgan fingerprint density at radius 1 is 1.15 bits per heavy atom. The van der Waals surface area contributed by atoms with Gasteiger partial charge in [-0.1, -0.05) is 6.07 Å². The summed E-state index contributed by atoms with van der Waals surface area (Å²) in [6, 6.07) is 10.6. The first-order chi connectivity index (χ1) is 12.5. The van der Waals surface area contributed by atoms with E-state index in [1.165, 1.54) is 6.07 Å². The minimum Gasteiger partial charge on any atom is -0.490 e. The minimum absolute atomic E-state index is 0. The molecule has 6 nitrogen and oxygen atoms in total. The topological polar surface area (TPSA) is 72.1 Å². The zero-order chi connectivity index (χ0) is 18.5. The third-order valence-corrected chi connectivity index (χ3v) is 3.95. The summed E-state index contributed by atoms with van der Waals surface area (Å²) < 4.78 is 25.3. The van der Waals surface area contributed by atoms with Crippen LogP contribution in [0.15, 0.2) is 41.4 Å². The number of halogens is 2. The average molecular weight is 486 g/mol. The first kappa shape index (κ1) is 21.1. The lowest BCUT2D eigenvalue weighted by Crippen LogP contribution is -2.22. The summed E-state index contributed by atoms with van der Waals surface area (Å²) in [5.74, 6) is 1.37. The second-order valence-corrected chi connectivity index (χ2v) is 6.22. The molecule has 0 aromatic heterocycles. The van der Waals surface area contributed by atoms with Crippen LogP contribution in [0.3, 0.4) is 0 Å². The molecule has 3 rings (SSSR count). The van der Waals surface area contributed by atoms with Crippen molar-refractivity contribution in [3.05, 3.63) is 47.8 Å². The van der Waals surface area contributed by atoms with E-state index in [2.05, 4.69) is 10.3 Å². The first-order valence-electron chi connectivity index (χ1n) is 8.45. The molecule has 27 heavy (non-hydrogen) atoms. The van der Waals surface area contributed by atoms with E-state index in [0.717, 1.165) is 23.4 Å². The molecular weight excluding hydrogens is 462 g/mol. The Hall–Kier alpha value is -2.23. The molecule has 0 aliphatic carbocycles. The highest BCUT2D eigenvalue weighted by atomic mass is 127. The fraction of sp³-hybridized carbons (Fsp3) is 0.316. The van der Waals surface area contributed by atoms with E-state index in [9.17, 15) is 4.39 Å². The molecule has 146 valence electrons. The average Bonchev–Trinajstić information content (AvgIpc) is 2.84. The second kappa shape index (κ2) is 9.63. The summed E-state index contributed by atoms with van der Waals surface area (Å²) in [6.07, 6.45) is 0.851. The van der Waals surface area contributed by atoms with E-state index in [0.29, 0.717) is 24.7 Å². The van der Waals surface area contributed by atoms with E-state index in [1.54, 1.807) is 25.1 Å². The van der Waals surface area contributed by atoms with Crippen LogP contribution in [0.25, 0.3) is 0 Å². The molecular formula is C19H24FIN4O2. The molecule has 0 amide bonds. The number of nitrogens with one attached hydrogen (secondary N) is 1. The van der Waals surface area contributed by atoms with Gasteiger partial charge in [-0.05, 0) is 29.8 Å². The van der Waals surface area contributed by atoms with Gasteiger partial charge in [-0.15, -0.1) is 24.0 Å². The monoisotopic (exact) mass is 486 g/mol. The Labute approximate surface area is 175 Å². The van der Waals surface area contributed by atoms with Crippen LogP contribution in [0.2, 0.25) is 0 Å². The highest BCUT2D eigenvalue weighted by molar-refractivity contribution is 14.0. The van der Waals surface area contributed by atoms with E-state index in [-0.39, 0.29) is 42.3 Å². The predicted octanol–water partition coefficient (Wildman–Crippen LogP) is 3.60. The molecule has 0 unspecified atom stereocenters. The molecule has 1 aliphatic rings.